The molecule has 1 aliphatic carbocycles. The maximum absolute atomic E-state index is 12.4. The van der Waals surface area contributed by atoms with Crippen LogP contribution in [0.25, 0.3) is 0 Å². The van der Waals surface area contributed by atoms with Crippen molar-refractivity contribution in [2.45, 2.75) is 56.8 Å². The molecule has 8 heteroatoms. The minimum absolute atomic E-state index is 0.0798. The molecule has 3 aliphatic rings. The Morgan fingerprint density at radius 1 is 1.22 bits per heavy atom. The fourth-order valence-electron chi connectivity index (χ4n) is 4.26. The topological polar surface area (TPSA) is 79.7 Å². The Morgan fingerprint density at radius 2 is 2.04 bits per heavy atom. The maximum atomic E-state index is 12.4. The van der Waals surface area contributed by atoms with E-state index in [4.69, 9.17) is 4.74 Å². The van der Waals surface area contributed by atoms with E-state index in [1.807, 2.05) is 4.90 Å². The summed E-state index contributed by atoms with van der Waals surface area (Å²) < 4.78 is 7.23. The number of piperidine rings is 1. The Morgan fingerprint density at radius 3 is 2.70 bits per heavy atom. The zero-order chi connectivity index (χ0) is 18.6. The number of ether oxygens (including phenoxy) is 1. The second kappa shape index (κ2) is 8.39. The minimum atomic E-state index is -0.145. The second-order valence-corrected chi connectivity index (χ2v) is 7.84. The summed E-state index contributed by atoms with van der Waals surface area (Å²) in [5.41, 5.74) is 0. The average molecular weight is 375 g/mol. The number of nitrogens with one attached hydrogen (secondary N) is 1. The van der Waals surface area contributed by atoms with E-state index in [1.165, 1.54) is 19.3 Å². The first kappa shape index (κ1) is 18.4. The van der Waals surface area contributed by atoms with E-state index in [-0.39, 0.29) is 31.1 Å². The van der Waals surface area contributed by atoms with Crippen molar-refractivity contribution >= 4 is 11.8 Å². The lowest BCUT2D eigenvalue weighted by atomic mass is 9.89. The summed E-state index contributed by atoms with van der Waals surface area (Å²) in [4.78, 5) is 29.0. The van der Waals surface area contributed by atoms with Crippen LogP contribution >= 0.6 is 0 Å². The molecule has 1 aromatic heterocycles. The molecule has 27 heavy (non-hydrogen) atoms. The summed E-state index contributed by atoms with van der Waals surface area (Å²) in [5.74, 6) is -0.0178. The van der Waals surface area contributed by atoms with Crippen LogP contribution in [0, 0.1) is 0 Å². The molecule has 2 amide bonds. The van der Waals surface area contributed by atoms with Crippen molar-refractivity contribution in [1.82, 2.24) is 24.9 Å². The minimum Gasteiger partial charge on any atom is -0.365 e. The third-order valence-electron chi connectivity index (χ3n) is 6.09. The lowest BCUT2D eigenvalue weighted by Gasteiger charge is -2.45. The summed E-state index contributed by atoms with van der Waals surface area (Å²) in [6.07, 6.45) is 9.38. The number of nitrogens with zero attached hydrogens (tertiary/aromatic N) is 4. The molecule has 1 N–H and O–H groups in total. The van der Waals surface area contributed by atoms with Gasteiger partial charge in [0, 0.05) is 50.7 Å². The van der Waals surface area contributed by atoms with Crippen LogP contribution in [-0.4, -0.2) is 82.4 Å². The second-order valence-electron chi connectivity index (χ2n) is 7.84. The van der Waals surface area contributed by atoms with E-state index in [9.17, 15) is 9.59 Å². The summed E-state index contributed by atoms with van der Waals surface area (Å²) in [7, 11) is 0. The van der Waals surface area contributed by atoms with Gasteiger partial charge in [-0.2, -0.15) is 5.10 Å². The fraction of sp³-hybridized carbons (Fsp3) is 0.737. The normalized spacial score (nSPS) is 25.4. The Kier molecular flexibility index (Phi) is 5.73. The van der Waals surface area contributed by atoms with Crippen LogP contribution in [-0.2, 0) is 20.9 Å². The number of morpholine rings is 1. The number of likely N-dealkylation sites (tertiary alicyclic amines) is 1. The Bertz CT molecular complexity index is 638. The van der Waals surface area contributed by atoms with E-state index in [0.717, 1.165) is 32.0 Å². The number of amides is 2. The van der Waals surface area contributed by atoms with E-state index in [0.29, 0.717) is 19.1 Å². The average Bonchev–Trinajstić information content (AvgIpc) is 3.13. The van der Waals surface area contributed by atoms with Crippen LogP contribution in [0.2, 0.25) is 0 Å². The van der Waals surface area contributed by atoms with Gasteiger partial charge in [0.2, 0.25) is 11.8 Å². The Balaban J connectivity index is 1.23. The van der Waals surface area contributed by atoms with Gasteiger partial charge in [0.05, 0.1) is 6.10 Å². The van der Waals surface area contributed by atoms with Crippen molar-refractivity contribution in [3.63, 3.8) is 0 Å². The van der Waals surface area contributed by atoms with Gasteiger partial charge < -0.3 is 19.9 Å². The largest absolute Gasteiger partial charge is 0.365 e. The predicted molar refractivity (Wildman–Crippen MR) is 98.9 cm³/mol. The highest BCUT2D eigenvalue weighted by Gasteiger charge is 2.35. The molecule has 8 nitrogen and oxygen atoms in total. The highest BCUT2D eigenvalue weighted by atomic mass is 16.5. The van der Waals surface area contributed by atoms with Gasteiger partial charge in [-0.1, -0.05) is 6.42 Å². The van der Waals surface area contributed by atoms with Crippen LogP contribution in [0.3, 0.4) is 0 Å². The first-order valence-electron chi connectivity index (χ1n) is 10.1. The van der Waals surface area contributed by atoms with E-state index >= 15 is 0 Å². The van der Waals surface area contributed by atoms with Crippen molar-refractivity contribution in [3.05, 3.63) is 18.5 Å². The zero-order valence-electron chi connectivity index (χ0n) is 15.8. The first-order chi connectivity index (χ1) is 13.2. The van der Waals surface area contributed by atoms with Gasteiger partial charge in [0.15, 0.2) is 0 Å². The summed E-state index contributed by atoms with van der Waals surface area (Å²) >= 11 is 0. The number of hydrogen-bond acceptors (Lipinski definition) is 5. The molecule has 2 saturated heterocycles. The number of rotatable bonds is 6. The summed E-state index contributed by atoms with van der Waals surface area (Å²) in [6.45, 7) is 3.47. The monoisotopic (exact) mass is 375 g/mol. The van der Waals surface area contributed by atoms with E-state index < -0.39 is 0 Å². The molecule has 1 aromatic rings. The molecule has 2 aliphatic heterocycles. The summed E-state index contributed by atoms with van der Waals surface area (Å²) in [5, 5.41) is 6.93. The molecule has 0 spiro atoms. The van der Waals surface area contributed by atoms with Crippen molar-refractivity contribution in [2.75, 3.05) is 32.8 Å². The third kappa shape index (κ3) is 4.50. The van der Waals surface area contributed by atoms with Gasteiger partial charge in [0.25, 0.3) is 0 Å². The quantitative estimate of drug-likeness (QED) is 0.771. The number of carbonyl (C=O) groups is 2. The van der Waals surface area contributed by atoms with Gasteiger partial charge in [-0.25, -0.2) is 0 Å². The Labute approximate surface area is 159 Å². The lowest BCUT2D eigenvalue weighted by molar-refractivity contribution is -0.153. The molecule has 0 aromatic carbocycles. The molecule has 4 rings (SSSR count). The van der Waals surface area contributed by atoms with Gasteiger partial charge in [-0.15, -0.1) is 0 Å². The smallest absolute Gasteiger partial charge is 0.248 e. The van der Waals surface area contributed by atoms with Crippen LogP contribution < -0.4 is 5.32 Å². The van der Waals surface area contributed by atoms with Crippen molar-refractivity contribution in [3.8, 4) is 0 Å². The molecule has 1 saturated carbocycles. The molecule has 0 radical (unpaired) electrons. The molecular weight excluding hydrogens is 346 g/mol. The SMILES string of the molecule is O=C(Cn1cccn1)NC[C@H]1CN(C2CCN(C3CCC3)CC2)C(=O)CO1. The first-order valence-corrected chi connectivity index (χ1v) is 10.1. The molecular formula is C19H29N5O3. The van der Waals surface area contributed by atoms with Crippen LogP contribution in [0.1, 0.15) is 32.1 Å². The highest BCUT2D eigenvalue weighted by Crippen LogP contribution is 2.29. The van der Waals surface area contributed by atoms with E-state index in [1.54, 1.807) is 23.1 Å². The molecule has 3 fully saturated rings. The highest BCUT2D eigenvalue weighted by molar-refractivity contribution is 5.78. The van der Waals surface area contributed by atoms with Crippen LogP contribution in [0.15, 0.2) is 18.5 Å². The number of hydrogen-bond donors (Lipinski definition) is 1. The zero-order valence-corrected chi connectivity index (χ0v) is 15.8. The van der Waals surface area contributed by atoms with Gasteiger partial charge in [-0.05, 0) is 31.7 Å². The Hall–Kier alpha value is -1.93. The number of aromatic nitrogens is 2. The van der Waals surface area contributed by atoms with Crippen molar-refractivity contribution < 1.29 is 14.3 Å². The molecule has 0 unspecified atom stereocenters. The molecule has 148 valence electrons. The summed E-state index contributed by atoms with van der Waals surface area (Å²) in [6, 6.07) is 2.88. The van der Waals surface area contributed by atoms with Crippen LogP contribution in [0.4, 0.5) is 0 Å². The molecule has 1 atom stereocenters. The fourth-order valence-corrected chi connectivity index (χ4v) is 4.26. The van der Waals surface area contributed by atoms with Crippen LogP contribution in [0.5, 0.6) is 0 Å². The standard InChI is InChI=1S/C19H29N5O3/c25-18(13-23-8-2-7-21-23)20-11-17-12-24(19(26)14-27-17)16-5-9-22(10-6-16)15-3-1-4-15/h2,7-8,15-17H,1,3-6,9-14H2,(H,20,25)/t17-/m0/s1. The van der Waals surface area contributed by atoms with Gasteiger partial charge >= 0.3 is 0 Å². The predicted octanol–water partition coefficient (Wildman–Crippen LogP) is 0.244. The van der Waals surface area contributed by atoms with Crippen molar-refractivity contribution in [2.24, 2.45) is 0 Å². The maximum Gasteiger partial charge on any atom is 0.248 e. The van der Waals surface area contributed by atoms with Crippen molar-refractivity contribution in [1.29, 1.82) is 0 Å². The van der Waals surface area contributed by atoms with Gasteiger partial charge in [-0.3, -0.25) is 14.3 Å². The lowest BCUT2D eigenvalue weighted by Crippen LogP contribution is -2.57. The van der Waals surface area contributed by atoms with E-state index in [2.05, 4.69) is 15.3 Å². The third-order valence-corrected chi connectivity index (χ3v) is 6.09. The molecule has 0 bridgehead atoms. The van der Waals surface area contributed by atoms with Gasteiger partial charge in [0.1, 0.15) is 13.2 Å². The molecule has 3 heterocycles. The number of carbonyl (C=O) groups excluding carboxylic acids is 2.